The molecule has 0 spiro atoms. The highest BCUT2D eigenvalue weighted by Crippen LogP contribution is 2.38. The van der Waals surface area contributed by atoms with E-state index in [0.717, 1.165) is 11.2 Å². The predicted molar refractivity (Wildman–Crippen MR) is 43.1 cm³/mol. The first-order valence-electron chi connectivity index (χ1n) is 3.31. The zero-order valence-corrected chi connectivity index (χ0v) is 6.84. The predicted octanol–water partition coefficient (Wildman–Crippen LogP) is 1.58. The van der Waals surface area contributed by atoms with Gasteiger partial charge in [0.05, 0.1) is 11.2 Å². The van der Waals surface area contributed by atoms with Gasteiger partial charge in [0, 0.05) is 0 Å². The molecule has 0 aromatic rings. The zero-order valence-electron chi connectivity index (χ0n) is 5.21. The lowest BCUT2D eigenvalue weighted by Gasteiger charge is -2.18. The third kappa shape index (κ3) is 1.57. The van der Waals surface area contributed by atoms with Gasteiger partial charge in [0.15, 0.2) is 0 Å². The summed E-state index contributed by atoms with van der Waals surface area (Å²) in [5, 5.41) is 0. The molecular weight excluding hydrogens is 152 g/mol. The average molecular weight is 162 g/mol. The number of thioether (sulfide) groups is 2. The Hall–Kier alpha value is 0.660. The van der Waals surface area contributed by atoms with E-state index in [1.165, 1.54) is 17.9 Å². The highest BCUT2D eigenvalue weighted by Gasteiger charge is 2.34. The summed E-state index contributed by atoms with van der Waals surface area (Å²) in [6.07, 6.45) is 2.00. The Morgan fingerprint density at radius 1 is 1.22 bits per heavy atom. The van der Waals surface area contributed by atoms with Gasteiger partial charge in [-0.15, -0.1) is 23.5 Å². The van der Waals surface area contributed by atoms with Gasteiger partial charge in [-0.05, 0) is 17.9 Å². The normalized spacial score (nSPS) is 36.7. The van der Waals surface area contributed by atoms with Gasteiger partial charge in [0.1, 0.15) is 6.10 Å². The Balaban J connectivity index is 1.80. The van der Waals surface area contributed by atoms with Crippen molar-refractivity contribution >= 4 is 23.5 Å². The minimum atomic E-state index is 0.611. The van der Waals surface area contributed by atoms with Crippen molar-refractivity contribution < 1.29 is 4.74 Å². The van der Waals surface area contributed by atoms with Crippen molar-refractivity contribution in [3.05, 3.63) is 0 Å². The Kier molecular flexibility index (Phi) is 1.93. The van der Waals surface area contributed by atoms with Crippen molar-refractivity contribution in [2.75, 3.05) is 18.1 Å². The molecule has 0 amide bonds. The summed E-state index contributed by atoms with van der Waals surface area (Å²) in [4.78, 5) is 0. The molecule has 1 atom stereocenters. The maximum atomic E-state index is 5.21. The topological polar surface area (TPSA) is 12.5 Å². The maximum Gasteiger partial charge on any atom is 0.102 e. The number of rotatable bonds is 1. The molecule has 2 fully saturated rings. The van der Waals surface area contributed by atoms with Crippen molar-refractivity contribution in [2.45, 2.75) is 17.1 Å². The van der Waals surface area contributed by atoms with Crippen LogP contribution in [0.15, 0.2) is 0 Å². The van der Waals surface area contributed by atoms with Crippen molar-refractivity contribution in [3.63, 3.8) is 0 Å². The lowest BCUT2D eigenvalue weighted by atomic mass is 10.5. The highest BCUT2D eigenvalue weighted by atomic mass is 32.2. The molecule has 0 unspecified atom stereocenters. The van der Waals surface area contributed by atoms with Crippen LogP contribution in [0, 0.1) is 0 Å². The number of epoxide rings is 1. The van der Waals surface area contributed by atoms with Crippen LogP contribution in [0.1, 0.15) is 6.42 Å². The van der Waals surface area contributed by atoms with Gasteiger partial charge in [-0.3, -0.25) is 0 Å². The summed E-state index contributed by atoms with van der Waals surface area (Å²) >= 11 is 4.14. The van der Waals surface area contributed by atoms with Crippen LogP contribution in [0.5, 0.6) is 0 Å². The molecule has 0 N–H and O–H groups in total. The molecule has 2 saturated heterocycles. The summed E-state index contributed by atoms with van der Waals surface area (Å²) in [6.45, 7) is 1.02. The summed E-state index contributed by atoms with van der Waals surface area (Å²) < 4.78 is 5.98. The lowest BCUT2D eigenvalue weighted by Crippen LogP contribution is -2.12. The Morgan fingerprint density at radius 3 is 2.44 bits per heavy atom. The maximum absolute atomic E-state index is 5.21. The molecule has 3 heteroatoms. The number of hydrogen-bond acceptors (Lipinski definition) is 3. The molecule has 2 aliphatic rings. The molecule has 9 heavy (non-hydrogen) atoms. The van der Waals surface area contributed by atoms with Crippen LogP contribution in [0.25, 0.3) is 0 Å². The molecule has 2 rings (SSSR count). The van der Waals surface area contributed by atoms with E-state index >= 15 is 0 Å². The third-order valence-electron chi connectivity index (χ3n) is 1.52. The first kappa shape index (κ1) is 6.38. The first-order chi connectivity index (χ1) is 4.47. The first-order valence-corrected chi connectivity index (χ1v) is 5.41. The molecule has 0 aromatic carbocycles. The van der Waals surface area contributed by atoms with Crippen LogP contribution in [-0.2, 0) is 4.74 Å². The average Bonchev–Trinajstić information content (AvgIpc) is 2.71. The van der Waals surface area contributed by atoms with Crippen LogP contribution in [-0.4, -0.2) is 28.8 Å². The summed E-state index contributed by atoms with van der Waals surface area (Å²) in [7, 11) is 0. The second-order valence-electron chi connectivity index (χ2n) is 2.34. The van der Waals surface area contributed by atoms with Gasteiger partial charge in [-0.25, -0.2) is 0 Å². The molecule has 2 aliphatic heterocycles. The lowest BCUT2D eigenvalue weighted by molar-refractivity contribution is 0.420. The van der Waals surface area contributed by atoms with Crippen LogP contribution in [0.3, 0.4) is 0 Å². The fourth-order valence-corrected chi connectivity index (χ4v) is 3.91. The van der Waals surface area contributed by atoms with E-state index in [2.05, 4.69) is 23.5 Å². The largest absolute Gasteiger partial charge is 0.371 e. The van der Waals surface area contributed by atoms with E-state index in [4.69, 9.17) is 4.74 Å². The quantitative estimate of drug-likeness (QED) is 0.543. The summed E-state index contributed by atoms with van der Waals surface area (Å²) in [6, 6.07) is 0. The Bertz CT molecular complexity index is 97.2. The Labute approximate surface area is 63.9 Å². The van der Waals surface area contributed by atoms with Crippen LogP contribution in [0.2, 0.25) is 0 Å². The van der Waals surface area contributed by atoms with E-state index in [1.807, 2.05) is 0 Å². The second-order valence-corrected chi connectivity index (χ2v) is 5.13. The standard InChI is InChI=1S/C6H10OS2/c1-2-8-6(9-3-1)5-4-7-5/h5-6H,1-4H2/t5-/m0/s1. The molecule has 0 radical (unpaired) electrons. The van der Waals surface area contributed by atoms with Crippen molar-refractivity contribution in [1.82, 2.24) is 0 Å². The van der Waals surface area contributed by atoms with Gasteiger partial charge in [0.2, 0.25) is 0 Å². The molecule has 0 aliphatic carbocycles. The SMILES string of the molecule is C1CSC([C@@H]2CO2)SC1. The molecule has 1 nitrogen and oxygen atoms in total. The molecule has 52 valence electrons. The fraction of sp³-hybridized carbons (Fsp3) is 1.00. The summed E-state index contributed by atoms with van der Waals surface area (Å²) in [5.74, 6) is 2.69. The van der Waals surface area contributed by atoms with Crippen molar-refractivity contribution in [2.24, 2.45) is 0 Å². The van der Waals surface area contributed by atoms with Gasteiger partial charge in [0.25, 0.3) is 0 Å². The fourth-order valence-electron chi connectivity index (χ4n) is 0.933. The highest BCUT2D eigenvalue weighted by molar-refractivity contribution is 8.17. The van der Waals surface area contributed by atoms with Crippen LogP contribution in [0.4, 0.5) is 0 Å². The van der Waals surface area contributed by atoms with Gasteiger partial charge in [-0.1, -0.05) is 0 Å². The van der Waals surface area contributed by atoms with Crippen LogP contribution < -0.4 is 0 Å². The Morgan fingerprint density at radius 2 is 1.89 bits per heavy atom. The van der Waals surface area contributed by atoms with E-state index < -0.39 is 0 Å². The van der Waals surface area contributed by atoms with E-state index in [-0.39, 0.29) is 0 Å². The van der Waals surface area contributed by atoms with E-state index in [0.29, 0.717) is 6.10 Å². The minimum Gasteiger partial charge on any atom is -0.371 e. The molecular formula is C6H10OS2. The minimum absolute atomic E-state index is 0.611. The molecule has 2 heterocycles. The third-order valence-corrected chi connectivity index (χ3v) is 4.65. The summed E-state index contributed by atoms with van der Waals surface area (Å²) in [5.41, 5.74) is 0. The molecule has 0 saturated carbocycles. The molecule has 0 bridgehead atoms. The zero-order chi connectivity index (χ0) is 6.10. The van der Waals surface area contributed by atoms with Gasteiger partial charge >= 0.3 is 0 Å². The van der Waals surface area contributed by atoms with Gasteiger partial charge in [-0.2, -0.15) is 0 Å². The van der Waals surface area contributed by atoms with Gasteiger partial charge < -0.3 is 4.74 Å². The van der Waals surface area contributed by atoms with E-state index in [9.17, 15) is 0 Å². The molecule has 0 aromatic heterocycles. The smallest absolute Gasteiger partial charge is 0.102 e. The monoisotopic (exact) mass is 162 g/mol. The van der Waals surface area contributed by atoms with E-state index in [1.54, 1.807) is 0 Å². The van der Waals surface area contributed by atoms with Crippen molar-refractivity contribution in [3.8, 4) is 0 Å². The van der Waals surface area contributed by atoms with Crippen molar-refractivity contribution in [1.29, 1.82) is 0 Å². The number of ether oxygens (including phenoxy) is 1. The second kappa shape index (κ2) is 2.72. The number of hydrogen-bond donors (Lipinski definition) is 0. The van der Waals surface area contributed by atoms with Crippen LogP contribution >= 0.6 is 23.5 Å².